The van der Waals surface area contributed by atoms with E-state index in [4.69, 9.17) is 5.73 Å². The van der Waals surface area contributed by atoms with Crippen LogP contribution in [0.15, 0.2) is 16.3 Å². The Bertz CT molecular complexity index is 669. The third-order valence-corrected chi connectivity index (χ3v) is 4.77. The molecule has 4 N–H and O–H groups in total. The highest BCUT2D eigenvalue weighted by Crippen LogP contribution is 2.43. The van der Waals surface area contributed by atoms with Crippen LogP contribution in [0.3, 0.4) is 0 Å². The summed E-state index contributed by atoms with van der Waals surface area (Å²) in [5.41, 5.74) is 5.82. The summed E-state index contributed by atoms with van der Waals surface area (Å²) in [7, 11) is 0. The van der Waals surface area contributed by atoms with E-state index in [0.29, 0.717) is 37.5 Å². The molecule has 9 heteroatoms. The molecule has 3 aliphatic rings. The maximum Gasteiger partial charge on any atom is 0.352 e. The van der Waals surface area contributed by atoms with E-state index in [9.17, 15) is 24.6 Å². The fourth-order valence-corrected chi connectivity index (χ4v) is 3.76. The first kappa shape index (κ1) is 16.4. The lowest BCUT2D eigenvalue weighted by Gasteiger charge is -2.44. The van der Waals surface area contributed by atoms with Gasteiger partial charge in [0.05, 0.1) is 31.0 Å². The molecule has 3 heterocycles. The number of amides is 2. The predicted molar refractivity (Wildman–Crippen MR) is 82.8 cm³/mol. The second-order valence-corrected chi connectivity index (χ2v) is 6.37. The number of aliphatic imine (C=N–C) groups is 1. The molecule has 0 saturated carbocycles. The first-order valence-corrected chi connectivity index (χ1v) is 7.84. The molecule has 0 spiro atoms. The van der Waals surface area contributed by atoms with Crippen LogP contribution in [-0.4, -0.2) is 75.4 Å². The van der Waals surface area contributed by atoms with Crippen LogP contribution in [0.25, 0.3) is 0 Å². The van der Waals surface area contributed by atoms with Crippen LogP contribution >= 0.6 is 0 Å². The molecule has 9 nitrogen and oxygen atoms in total. The highest BCUT2D eigenvalue weighted by Gasteiger charge is 2.56. The number of hydrogen-bond acceptors (Lipinski definition) is 6. The monoisotopic (exact) mass is 336 g/mol. The Morgan fingerprint density at radius 1 is 1.46 bits per heavy atom. The van der Waals surface area contributed by atoms with Crippen molar-refractivity contribution in [1.29, 1.82) is 0 Å². The molecule has 0 aliphatic carbocycles. The molecule has 24 heavy (non-hydrogen) atoms. The van der Waals surface area contributed by atoms with Gasteiger partial charge >= 0.3 is 5.97 Å². The summed E-state index contributed by atoms with van der Waals surface area (Å²) in [5.74, 6) is -2.01. The van der Waals surface area contributed by atoms with E-state index in [2.05, 4.69) is 4.99 Å². The van der Waals surface area contributed by atoms with Gasteiger partial charge in [0.1, 0.15) is 11.5 Å². The quantitative estimate of drug-likeness (QED) is 0.506. The molecule has 0 aromatic carbocycles. The predicted octanol–water partition coefficient (Wildman–Crippen LogP) is -1.47. The Labute approximate surface area is 138 Å². The van der Waals surface area contributed by atoms with Crippen LogP contribution < -0.4 is 5.73 Å². The van der Waals surface area contributed by atoms with Crippen molar-refractivity contribution >= 4 is 23.6 Å². The number of nitrogens with two attached hydrogens (primary N) is 1. The Balaban J connectivity index is 1.80. The summed E-state index contributed by atoms with van der Waals surface area (Å²) in [5, 5.41) is 19.2. The zero-order valence-corrected chi connectivity index (χ0v) is 13.3. The first-order chi connectivity index (χ1) is 11.3. The smallest absolute Gasteiger partial charge is 0.352 e. The van der Waals surface area contributed by atoms with E-state index in [1.165, 1.54) is 11.8 Å². The van der Waals surface area contributed by atoms with Crippen molar-refractivity contribution in [3.63, 3.8) is 0 Å². The van der Waals surface area contributed by atoms with E-state index >= 15 is 0 Å². The Morgan fingerprint density at radius 2 is 2.17 bits per heavy atom. The number of aliphatic carboxylic acids is 1. The minimum absolute atomic E-state index is 0.00720. The topological polar surface area (TPSA) is 137 Å². The van der Waals surface area contributed by atoms with Crippen LogP contribution in [0.4, 0.5) is 0 Å². The number of aliphatic hydroxyl groups excluding tert-OH is 1. The van der Waals surface area contributed by atoms with Crippen molar-refractivity contribution in [2.24, 2.45) is 16.6 Å². The number of nitrogens with zero attached hydrogens (tertiary/aromatic N) is 3. The highest BCUT2D eigenvalue weighted by molar-refractivity contribution is 6.01. The van der Waals surface area contributed by atoms with E-state index in [0.717, 1.165) is 0 Å². The van der Waals surface area contributed by atoms with Crippen LogP contribution in [0.2, 0.25) is 0 Å². The lowest BCUT2D eigenvalue weighted by atomic mass is 9.83. The summed E-state index contributed by atoms with van der Waals surface area (Å²) in [6.07, 6.45) is -0.395. The summed E-state index contributed by atoms with van der Waals surface area (Å²) >= 11 is 0. The number of aliphatic hydroxyl groups is 1. The normalized spacial score (nSPS) is 27.1. The molecule has 3 atom stereocenters. The van der Waals surface area contributed by atoms with Gasteiger partial charge in [-0.25, -0.2) is 4.79 Å². The fraction of sp³-hybridized carbons (Fsp3) is 0.600. The number of amidine groups is 1. The van der Waals surface area contributed by atoms with Gasteiger partial charge < -0.3 is 25.7 Å². The van der Waals surface area contributed by atoms with Crippen molar-refractivity contribution < 1.29 is 24.6 Å². The van der Waals surface area contributed by atoms with Crippen LogP contribution in [0.1, 0.15) is 19.8 Å². The van der Waals surface area contributed by atoms with Gasteiger partial charge in [-0.2, -0.15) is 0 Å². The SMILES string of the molecule is C[C@@H](O)[C@H]1C(=O)N2C(C(=O)O)=C(CN3CCN=C3CC(N)=O)C[C@H]12. The van der Waals surface area contributed by atoms with Gasteiger partial charge in [0.15, 0.2) is 0 Å². The molecule has 0 bridgehead atoms. The summed E-state index contributed by atoms with van der Waals surface area (Å²) in [4.78, 5) is 42.2. The number of carbonyl (C=O) groups is 3. The van der Waals surface area contributed by atoms with E-state index in [1.54, 1.807) is 0 Å². The lowest BCUT2D eigenvalue weighted by Crippen LogP contribution is -2.61. The molecule has 0 radical (unpaired) electrons. The molecular weight excluding hydrogens is 316 g/mol. The number of primary amides is 1. The minimum atomic E-state index is -1.16. The van der Waals surface area contributed by atoms with Gasteiger partial charge in [-0.3, -0.25) is 14.6 Å². The standard InChI is InChI=1S/C15H20N4O5/c1-7(20)12-9-4-8(13(15(23)24)19(9)14(12)22)6-18-3-2-17-11(18)5-10(16)21/h7,9,12,20H,2-6H2,1H3,(H2,16,21)(H,23,24)/t7-,9-,12-/m1/s1. The maximum absolute atomic E-state index is 12.2. The lowest BCUT2D eigenvalue weighted by molar-refractivity contribution is -0.161. The van der Waals surface area contributed by atoms with E-state index < -0.39 is 23.9 Å². The summed E-state index contributed by atoms with van der Waals surface area (Å²) in [6, 6.07) is -0.308. The number of carboxylic acids is 1. The maximum atomic E-state index is 12.2. The molecule has 3 rings (SSSR count). The number of rotatable bonds is 6. The Kier molecular flexibility index (Phi) is 4.04. The molecular formula is C15H20N4O5. The van der Waals surface area contributed by atoms with Crippen LogP contribution in [0.5, 0.6) is 0 Å². The van der Waals surface area contributed by atoms with Gasteiger partial charge in [-0.1, -0.05) is 0 Å². The van der Waals surface area contributed by atoms with Gasteiger partial charge in [-0.05, 0) is 18.9 Å². The number of fused-ring (bicyclic) bond motifs is 1. The Morgan fingerprint density at radius 3 is 2.75 bits per heavy atom. The van der Waals surface area contributed by atoms with Crippen molar-refractivity contribution in [2.45, 2.75) is 31.9 Å². The minimum Gasteiger partial charge on any atom is -0.477 e. The molecule has 1 saturated heterocycles. The second kappa shape index (κ2) is 5.90. The molecule has 0 aromatic heterocycles. The van der Waals surface area contributed by atoms with Gasteiger partial charge in [0.25, 0.3) is 0 Å². The first-order valence-electron chi connectivity index (χ1n) is 7.84. The molecule has 0 aromatic rings. The highest BCUT2D eigenvalue weighted by atomic mass is 16.4. The molecule has 1 fully saturated rings. The largest absolute Gasteiger partial charge is 0.477 e. The van der Waals surface area contributed by atoms with Gasteiger partial charge in [0.2, 0.25) is 11.8 Å². The second-order valence-electron chi connectivity index (χ2n) is 6.37. The average molecular weight is 336 g/mol. The van der Waals surface area contributed by atoms with Gasteiger partial charge in [-0.15, -0.1) is 0 Å². The van der Waals surface area contributed by atoms with Gasteiger partial charge in [0, 0.05) is 13.1 Å². The molecule has 130 valence electrons. The zero-order chi connectivity index (χ0) is 17.6. The van der Waals surface area contributed by atoms with E-state index in [1.807, 2.05) is 4.90 Å². The van der Waals surface area contributed by atoms with Crippen LogP contribution in [-0.2, 0) is 14.4 Å². The molecule has 3 aliphatic heterocycles. The number of carbonyl (C=O) groups excluding carboxylic acids is 2. The molecule has 2 amide bonds. The van der Waals surface area contributed by atoms with E-state index in [-0.39, 0.29) is 24.1 Å². The fourth-order valence-electron chi connectivity index (χ4n) is 3.76. The Hall–Kier alpha value is -2.42. The number of hydrogen-bond donors (Lipinski definition) is 3. The number of carboxylic acid groups (broad SMARTS) is 1. The van der Waals surface area contributed by atoms with Crippen molar-refractivity contribution in [3.05, 3.63) is 11.3 Å². The summed E-state index contributed by atoms with van der Waals surface area (Å²) in [6.45, 7) is 2.94. The number of β-lactam (4-membered cyclic amide) rings is 1. The molecule has 0 unspecified atom stereocenters. The average Bonchev–Trinajstić information content (AvgIpc) is 3.01. The zero-order valence-electron chi connectivity index (χ0n) is 13.3. The summed E-state index contributed by atoms with van der Waals surface area (Å²) < 4.78 is 0. The van der Waals surface area contributed by atoms with Crippen molar-refractivity contribution in [2.75, 3.05) is 19.6 Å². The third-order valence-electron chi connectivity index (χ3n) is 4.77. The third kappa shape index (κ3) is 2.54. The van der Waals surface area contributed by atoms with Crippen LogP contribution in [0, 0.1) is 5.92 Å². The van der Waals surface area contributed by atoms with Crippen molar-refractivity contribution in [3.8, 4) is 0 Å². The van der Waals surface area contributed by atoms with Crippen molar-refractivity contribution in [1.82, 2.24) is 9.80 Å².